The van der Waals surface area contributed by atoms with Crippen molar-refractivity contribution in [1.29, 1.82) is 0 Å². The lowest BCUT2D eigenvalue weighted by atomic mass is 9.91. The number of nitrogens with zero attached hydrogens (tertiary/aromatic N) is 4. The summed E-state index contributed by atoms with van der Waals surface area (Å²) in [5.41, 5.74) is 2.06. The summed E-state index contributed by atoms with van der Waals surface area (Å²) in [5.74, 6) is 0.274. The average Bonchev–Trinajstić information content (AvgIpc) is 3.03. The van der Waals surface area contributed by atoms with E-state index in [1.54, 1.807) is 12.5 Å². The minimum absolute atomic E-state index is 0.184. The van der Waals surface area contributed by atoms with Crippen molar-refractivity contribution in [3.8, 4) is 0 Å². The zero-order chi connectivity index (χ0) is 12.8. The monoisotopic (exact) mass is 258 g/mol. The number of fused-ring (bicyclic) bond motifs is 2. The number of amides is 1. The molecule has 19 heavy (non-hydrogen) atoms. The van der Waals surface area contributed by atoms with Gasteiger partial charge < -0.3 is 14.0 Å². The molecular weight excluding hydrogens is 244 g/mol. The number of rotatable bonds is 1. The van der Waals surface area contributed by atoms with Crippen LogP contribution in [0, 0.1) is 0 Å². The molecule has 1 amide bonds. The van der Waals surface area contributed by atoms with E-state index < -0.39 is 0 Å². The molecule has 0 N–H and O–H groups in total. The molecule has 98 valence electrons. The first-order valence-corrected chi connectivity index (χ1v) is 6.53. The van der Waals surface area contributed by atoms with Gasteiger partial charge in [0.1, 0.15) is 6.61 Å². The third-order valence-electron chi connectivity index (χ3n) is 4.10. The lowest BCUT2D eigenvalue weighted by molar-refractivity contribution is 0.150. The maximum absolute atomic E-state index is 11.7. The summed E-state index contributed by atoms with van der Waals surface area (Å²) in [6, 6.07) is 0.260. The Labute approximate surface area is 110 Å². The van der Waals surface area contributed by atoms with E-state index >= 15 is 0 Å². The van der Waals surface area contributed by atoms with Gasteiger partial charge in [-0.15, -0.1) is 0 Å². The molecule has 2 aliphatic rings. The minimum Gasteiger partial charge on any atom is -0.447 e. The highest BCUT2D eigenvalue weighted by atomic mass is 16.6. The van der Waals surface area contributed by atoms with Crippen LogP contribution in [0.5, 0.6) is 0 Å². The molecule has 0 saturated carbocycles. The third kappa shape index (κ3) is 1.59. The third-order valence-corrected chi connectivity index (χ3v) is 4.10. The number of carbonyl (C=O) groups is 1. The van der Waals surface area contributed by atoms with Crippen LogP contribution in [0.15, 0.2) is 24.9 Å². The molecule has 6 nitrogen and oxygen atoms in total. The molecular formula is C13H14N4O2. The molecule has 0 aliphatic carbocycles. The van der Waals surface area contributed by atoms with Gasteiger partial charge in [-0.2, -0.15) is 0 Å². The van der Waals surface area contributed by atoms with Gasteiger partial charge in [-0.1, -0.05) is 0 Å². The van der Waals surface area contributed by atoms with Gasteiger partial charge in [0.15, 0.2) is 0 Å². The maximum atomic E-state index is 11.7. The lowest BCUT2D eigenvalue weighted by Gasteiger charge is -2.31. The molecule has 2 fully saturated rings. The van der Waals surface area contributed by atoms with Crippen LogP contribution in [-0.2, 0) is 4.74 Å². The molecule has 4 rings (SSSR count). The van der Waals surface area contributed by atoms with Crippen LogP contribution in [0.25, 0.3) is 5.52 Å². The van der Waals surface area contributed by atoms with Gasteiger partial charge in [0.25, 0.3) is 0 Å². The highest BCUT2D eigenvalue weighted by molar-refractivity contribution is 5.70. The summed E-state index contributed by atoms with van der Waals surface area (Å²) < 4.78 is 7.07. The van der Waals surface area contributed by atoms with Gasteiger partial charge in [0.2, 0.25) is 0 Å². The Hall–Kier alpha value is -2.11. The van der Waals surface area contributed by atoms with Crippen molar-refractivity contribution in [2.24, 2.45) is 0 Å². The van der Waals surface area contributed by atoms with Gasteiger partial charge in [-0.3, -0.25) is 4.98 Å². The van der Waals surface area contributed by atoms with Crippen LogP contribution in [0.1, 0.15) is 24.5 Å². The van der Waals surface area contributed by atoms with E-state index in [-0.39, 0.29) is 18.1 Å². The molecule has 6 heteroatoms. The fourth-order valence-electron chi connectivity index (χ4n) is 3.07. The van der Waals surface area contributed by atoms with Crippen LogP contribution in [0.2, 0.25) is 0 Å². The Morgan fingerprint density at radius 1 is 1.37 bits per heavy atom. The smallest absolute Gasteiger partial charge is 0.410 e. The van der Waals surface area contributed by atoms with Crippen molar-refractivity contribution in [2.45, 2.75) is 24.8 Å². The molecule has 4 heterocycles. The van der Waals surface area contributed by atoms with E-state index in [2.05, 4.69) is 9.97 Å². The van der Waals surface area contributed by atoms with Crippen molar-refractivity contribution in [1.82, 2.24) is 19.3 Å². The van der Waals surface area contributed by atoms with Gasteiger partial charge in [0, 0.05) is 24.9 Å². The molecule has 0 aromatic carbocycles. The summed E-state index contributed by atoms with van der Waals surface area (Å²) in [4.78, 5) is 22.2. The van der Waals surface area contributed by atoms with Gasteiger partial charge >= 0.3 is 6.09 Å². The van der Waals surface area contributed by atoms with Crippen molar-refractivity contribution < 1.29 is 9.53 Å². The second-order valence-electron chi connectivity index (χ2n) is 5.16. The average molecular weight is 258 g/mol. The molecule has 0 radical (unpaired) electrons. The van der Waals surface area contributed by atoms with Crippen molar-refractivity contribution >= 4 is 11.6 Å². The standard InChI is InChI=1S/C13H14N4O2/c18-13-17-6-9(1-2-10(17)7-19-13)12-11-5-14-3-4-16(11)8-15-12/h3-5,8-10H,1-2,6-7H2/t9-,10+/m1/s1. The first-order chi connectivity index (χ1) is 9.33. The van der Waals surface area contributed by atoms with E-state index in [4.69, 9.17) is 4.74 Å². The number of ether oxygens (including phenoxy) is 1. The zero-order valence-electron chi connectivity index (χ0n) is 10.4. The van der Waals surface area contributed by atoms with Crippen LogP contribution in [0.3, 0.4) is 0 Å². The second-order valence-corrected chi connectivity index (χ2v) is 5.16. The fourth-order valence-corrected chi connectivity index (χ4v) is 3.07. The minimum atomic E-state index is -0.184. The maximum Gasteiger partial charge on any atom is 0.410 e. The topological polar surface area (TPSA) is 59.7 Å². The van der Waals surface area contributed by atoms with Crippen molar-refractivity contribution in [3.05, 3.63) is 30.6 Å². The first-order valence-electron chi connectivity index (χ1n) is 6.53. The molecule has 2 aromatic heterocycles. The van der Waals surface area contributed by atoms with Gasteiger partial charge in [0.05, 0.1) is 29.8 Å². The highest BCUT2D eigenvalue weighted by Crippen LogP contribution is 2.33. The Morgan fingerprint density at radius 3 is 3.26 bits per heavy atom. The molecule has 0 bridgehead atoms. The molecule has 2 saturated heterocycles. The number of carbonyl (C=O) groups excluding carboxylic acids is 1. The van der Waals surface area contributed by atoms with Crippen LogP contribution >= 0.6 is 0 Å². The van der Waals surface area contributed by atoms with Crippen LogP contribution in [0.4, 0.5) is 4.79 Å². The second kappa shape index (κ2) is 3.94. The summed E-state index contributed by atoms with van der Waals surface area (Å²) in [7, 11) is 0. The van der Waals surface area contributed by atoms with Crippen LogP contribution in [-0.4, -0.2) is 44.6 Å². The van der Waals surface area contributed by atoms with E-state index in [1.165, 1.54) is 0 Å². The number of hydrogen-bond donors (Lipinski definition) is 0. The lowest BCUT2D eigenvalue weighted by Crippen LogP contribution is -2.41. The fraction of sp³-hybridized carbons (Fsp3) is 0.462. The molecule has 0 unspecified atom stereocenters. The highest BCUT2D eigenvalue weighted by Gasteiger charge is 2.39. The van der Waals surface area contributed by atoms with E-state index in [1.807, 2.05) is 21.7 Å². The number of aromatic nitrogens is 3. The number of cyclic esters (lactones) is 1. The normalized spacial score (nSPS) is 26.5. The van der Waals surface area contributed by atoms with Crippen LogP contribution < -0.4 is 0 Å². The Morgan fingerprint density at radius 2 is 2.32 bits per heavy atom. The molecule has 2 aromatic rings. The van der Waals surface area contributed by atoms with Gasteiger partial charge in [-0.25, -0.2) is 9.78 Å². The molecule has 0 spiro atoms. The molecule has 2 atom stereocenters. The quantitative estimate of drug-likeness (QED) is 0.776. The van der Waals surface area contributed by atoms with Crippen molar-refractivity contribution in [2.75, 3.05) is 13.2 Å². The predicted molar refractivity (Wildman–Crippen MR) is 66.8 cm³/mol. The summed E-state index contributed by atoms with van der Waals surface area (Å²) in [6.07, 6.45) is 9.11. The largest absolute Gasteiger partial charge is 0.447 e. The predicted octanol–water partition coefficient (Wildman–Crippen LogP) is 1.43. The summed E-state index contributed by atoms with van der Waals surface area (Å²) >= 11 is 0. The number of piperidine rings is 1. The zero-order valence-corrected chi connectivity index (χ0v) is 10.4. The van der Waals surface area contributed by atoms with E-state index in [9.17, 15) is 4.79 Å². The Balaban J connectivity index is 1.68. The number of imidazole rings is 1. The Kier molecular flexibility index (Phi) is 2.24. The Bertz CT molecular complexity index is 638. The van der Waals surface area contributed by atoms with Gasteiger partial charge in [-0.05, 0) is 12.8 Å². The summed E-state index contributed by atoms with van der Waals surface area (Å²) in [5, 5.41) is 0. The SMILES string of the molecule is O=C1OC[C@@H]2CC[C@@H](c3ncn4ccncc34)CN12. The first kappa shape index (κ1) is 10.8. The van der Waals surface area contributed by atoms with E-state index in [0.717, 1.165) is 24.1 Å². The summed E-state index contributed by atoms with van der Waals surface area (Å²) in [6.45, 7) is 1.24. The van der Waals surface area contributed by atoms with E-state index in [0.29, 0.717) is 13.2 Å². The van der Waals surface area contributed by atoms with Crippen molar-refractivity contribution in [3.63, 3.8) is 0 Å². The number of hydrogen-bond acceptors (Lipinski definition) is 4. The molecule has 2 aliphatic heterocycles.